The third-order valence-corrected chi connectivity index (χ3v) is 4.35. The first-order chi connectivity index (χ1) is 12.6. The van der Waals surface area contributed by atoms with E-state index < -0.39 is 0 Å². The molecular weight excluding hydrogens is 328 g/mol. The van der Waals surface area contributed by atoms with Gasteiger partial charge >= 0.3 is 5.97 Å². The number of hydrogen-bond donors (Lipinski definition) is 0. The molecule has 0 bridgehead atoms. The molecule has 0 saturated carbocycles. The third-order valence-electron chi connectivity index (χ3n) is 4.35. The van der Waals surface area contributed by atoms with E-state index in [0.717, 1.165) is 40.3 Å². The maximum Gasteiger partial charge on any atom is 0.309 e. The van der Waals surface area contributed by atoms with Crippen LogP contribution in [0.4, 0.5) is 0 Å². The number of carbonyl (C=O) groups excluding carboxylic acids is 1. The SMILES string of the molecule is COC(=O)Cc1ccc2c(c1)/C(=N/CCN(C)C)c1ccccc1CO2. The average molecular weight is 352 g/mol. The van der Waals surface area contributed by atoms with Gasteiger partial charge in [0.05, 0.1) is 25.8 Å². The second kappa shape index (κ2) is 8.15. The van der Waals surface area contributed by atoms with E-state index >= 15 is 0 Å². The van der Waals surface area contributed by atoms with Crippen molar-refractivity contribution < 1.29 is 14.3 Å². The predicted octanol–water partition coefficient (Wildman–Crippen LogP) is 2.69. The zero-order chi connectivity index (χ0) is 18.5. The number of hydrogen-bond acceptors (Lipinski definition) is 5. The number of nitrogens with zero attached hydrogens (tertiary/aromatic N) is 2. The molecule has 2 aromatic rings. The molecule has 0 unspecified atom stereocenters. The Morgan fingerprint density at radius 1 is 1.19 bits per heavy atom. The van der Waals surface area contributed by atoms with Gasteiger partial charge < -0.3 is 14.4 Å². The molecule has 0 fully saturated rings. The van der Waals surface area contributed by atoms with Crippen LogP contribution in [0.3, 0.4) is 0 Å². The summed E-state index contributed by atoms with van der Waals surface area (Å²) >= 11 is 0. The number of esters is 1. The van der Waals surface area contributed by atoms with Gasteiger partial charge in [-0.15, -0.1) is 0 Å². The number of carbonyl (C=O) groups is 1. The Balaban J connectivity index is 2.05. The van der Waals surface area contributed by atoms with Crippen LogP contribution in [0.15, 0.2) is 47.5 Å². The number of likely N-dealkylation sites (N-methyl/N-ethyl adjacent to an activating group) is 1. The molecule has 136 valence electrons. The van der Waals surface area contributed by atoms with Gasteiger partial charge in [-0.3, -0.25) is 9.79 Å². The molecule has 1 aliphatic rings. The Bertz CT molecular complexity index is 828. The van der Waals surface area contributed by atoms with Crippen LogP contribution in [-0.4, -0.2) is 50.9 Å². The minimum absolute atomic E-state index is 0.233. The molecule has 26 heavy (non-hydrogen) atoms. The van der Waals surface area contributed by atoms with Gasteiger partial charge in [-0.25, -0.2) is 0 Å². The molecule has 0 aliphatic carbocycles. The second-order valence-electron chi connectivity index (χ2n) is 6.56. The van der Waals surface area contributed by atoms with Crippen LogP contribution in [0, 0.1) is 0 Å². The molecule has 1 aliphatic heterocycles. The summed E-state index contributed by atoms with van der Waals surface area (Å²) in [4.78, 5) is 18.6. The fourth-order valence-corrected chi connectivity index (χ4v) is 2.95. The van der Waals surface area contributed by atoms with E-state index in [1.807, 2.05) is 44.4 Å². The number of fused-ring (bicyclic) bond motifs is 2. The fourth-order valence-electron chi connectivity index (χ4n) is 2.95. The van der Waals surface area contributed by atoms with E-state index in [1.54, 1.807) is 0 Å². The van der Waals surface area contributed by atoms with Gasteiger partial charge in [-0.2, -0.15) is 0 Å². The van der Waals surface area contributed by atoms with Crippen LogP contribution in [0.25, 0.3) is 0 Å². The van der Waals surface area contributed by atoms with Crippen molar-refractivity contribution in [2.75, 3.05) is 34.3 Å². The minimum Gasteiger partial charge on any atom is -0.488 e. The van der Waals surface area contributed by atoms with Crippen molar-refractivity contribution in [1.29, 1.82) is 0 Å². The molecule has 0 atom stereocenters. The van der Waals surface area contributed by atoms with Crippen molar-refractivity contribution >= 4 is 11.7 Å². The van der Waals surface area contributed by atoms with Crippen molar-refractivity contribution in [3.63, 3.8) is 0 Å². The van der Waals surface area contributed by atoms with E-state index in [4.69, 9.17) is 14.5 Å². The zero-order valence-corrected chi connectivity index (χ0v) is 15.5. The van der Waals surface area contributed by atoms with Crippen LogP contribution >= 0.6 is 0 Å². The summed E-state index contributed by atoms with van der Waals surface area (Å²) in [5.74, 6) is 0.532. The van der Waals surface area contributed by atoms with Crippen molar-refractivity contribution in [1.82, 2.24) is 4.90 Å². The van der Waals surface area contributed by atoms with Crippen LogP contribution < -0.4 is 4.74 Å². The standard InChI is InChI=1S/C21H24N2O3/c1-23(2)11-10-22-21-17-7-5-4-6-16(17)14-26-19-9-8-15(12-18(19)21)13-20(24)25-3/h4-9,12H,10-11,13-14H2,1-3H3/b22-21+. The fraction of sp³-hybridized carbons (Fsp3) is 0.333. The summed E-state index contributed by atoms with van der Waals surface area (Å²) in [6, 6.07) is 14.0. The highest BCUT2D eigenvalue weighted by Gasteiger charge is 2.21. The molecule has 0 spiro atoms. The van der Waals surface area contributed by atoms with E-state index in [-0.39, 0.29) is 12.4 Å². The molecule has 0 amide bonds. The third kappa shape index (κ3) is 4.11. The Kier molecular flexibility index (Phi) is 5.68. The number of aliphatic imine (C=N–C) groups is 1. The summed E-state index contributed by atoms with van der Waals surface area (Å²) in [7, 11) is 5.47. The molecular formula is C21H24N2O3. The maximum absolute atomic E-state index is 11.7. The largest absolute Gasteiger partial charge is 0.488 e. The monoisotopic (exact) mass is 352 g/mol. The lowest BCUT2D eigenvalue weighted by molar-refractivity contribution is -0.139. The molecule has 5 nitrogen and oxygen atoms in total. The lowest BCUT2D eigenvalue weighted by Gasteiger charge is -2.12. The second-order valence-corrected chi connectivity index (χ2v) is 6.56. The van der Waals surface area contributed by atoms with Crippen LogP contribution in [-0.2, 0) is 22.6 Å². The van der Waals surface area contributed by atoms with Gasteiger partial charge in [0.15, 0.2) is 0 Å². The summed E-state index contributed by atoms with van der Waals surface area (Å²) in [5.41, 5.74) is 4.93. The summed E-state index contributed by atoms with van der Waals surface area (Å²) < 4.78 is 10.8. The molecule has 0 radical (unpaired) electrons. The lowest BCUT2D eigenvalue weighted by atomic mass is 9.96. The van der Waals surface area contributed by atoms with Crippen molar-refractivity contribution in [3.05, 3.63) is 64.7 Å². The normalized spacial score (nSPS) is 14.4. The predicted molar refractivity (Wildman–Crippen MR) is 102 cm³/mol. The molecule has 2 aromatic carbocycles. The highest BCUT2D eigenvalue weighted by atomic mass is 16.5. The Morgan fingerprint density at radius 3 is 2.77 bits per heavy atom. The van der Waals surface area contributed by atoms with Crippen molar-refractivity contribution in [2.24, 2.45) is 4.99 Å². The minimum atomic E-state index is -0.258. The number of ether oxygens (including phenoxy) is 2. The molecule has 3 rings (SSSR count). The van der Waals surface area contributed by atoms with Gasteiger partial charge in [0.25, 0.3) is 0 Å². The van der Waals surface area contributed by atoms with E-state index in [1.165, 1.54) is 7.11 Å². The first-order valence-electron chi connectivity index (χ1n) is 8.69. The summed E-state index contributed by atoms with van der Waals surface area (Å²) in [5, 5.41) is 0. The van der Waals surface area contributed by atoms with E-state index in [2.05, 4.69) is 17.0 Å². The van der Waals surface area contributed by atoms with Crippen molar-refractivity contribution in [3.8, 4) is 5.75 Å². The first kappa shape index (κ1) is 18.1. The zero-order valence-electron chi connectivity index (χ0n) is 15.5. The quantitative estimate of drug-likeness (QED) is 0.777. The van der Waals surface area contributed by atoms with Gasteiger partial charge in [-0.05, 0) is 37.4 Å². The van der Waals surface area contributed by atoms with Gasteiger partial charge in [0.1, 0.15) is 12.4 Å². The van der Waals surface area contributed by atoms with Crippen LogP contribution in [0.2, 0.25) is 0 Å². The topological polar surface area (TPSA) is 51.1 Å². The molecule has 0 aromatic heterocycles. The van der Waals surface area contributed by atoms with E-state index in [9.17, 15) is 4.79 Å². The van der Waals surface area contributed by atoms with Gasteiger partial charge in [-0.1, -0.05) is 30.3 Å². The van der Waals surface area contributed by atoms with Gasteiger partial charge in [0, 0.05) is 17.7 Å². The molecule has 5 heteroatoms. The van der Waals surface area contributed by atoms with Crippen LogP contribution in [0.1, 0.15) is 22.3 Å². The average Bonchev–Trinajstić information content (AvgIpc) is 2.79. The Labute approximate surface area is 154 Å². The smallest absolute Gasteiger partial charge is 0.309 e. The summed E-state index contributed by atoms with van der Waals surface area (Å²) in [6.45, 7) is 2.06. The van der Waals surface area contributed by atoms with Gasteiger partial charge in [0.2, 0.25) is 0 Å². The molecule has 0 saturated heterocycles. The number of benzene rings is 2. The Hall–Kier alpha value is -2.66. The highest BCUT2D eigenvalue weighted by molar-refractivity contribution is 6.15. The first-order valence-corrected chi connectivity index (χ1v) is 8.69. The Morgan fingerprint density at radius 2 is 2.00 bits per heavy atom. The van der Waals surface area contributed by atoms with Crippen molar-refractivity contribution in [2.45, 2.75) is 13.0 Å². The maximum atomic E-state index is 11.7. The lowest BCUT2D eigenvalue weighted by Crippen LogP contribution is -2.17. The number of methoxy groups -OCH3 is 1. The molecule has 0 N–H and O–H groups in total. The van der Waals surface area contributed by atoms with Crippen LogP contribution in [0.5, 0.6) is 5.75 Å². The molecule has 1 heterocycles. The summed E-state index contributed by atoms with van der Waals surface area (Å²) in [6.07, 6.45) is 0.233. The number of rotatable bonds is 5. The highest BCUT2D eigenvalue weighted by Crippen LogP contribution is 2.30. The van der Waals surface area contributed by atoms with E-state index in [0.29, 0.717) is 13.2 Å².